The van der Waals surface area contributed by atoms with Crippen LogP contribution in [0.15, 0.2) is 71.8 Å². The molecule has 0 saturated heterocycles. The van der Waals surface area contributed by atoms with Crippen LogP contribution in [0.5, 0.6) is 0 Å². The second-order valence-corrected chi connectivity index (χ2v) is 9.39. The molecular weight excluding hydrogens is 382 g/mol. The Labute approximate surface area is 171 Å². The number of pyridine rings is 1. The van der Waals surface area contributed by atoms with Crippen LogP contribution in [0.4, 0.5) is 5.69 Å². The van der Waals surface area contributed by atoms with Gasteiger partial charge in [-0.2, -0.15) is 0 Å². The Morgan fingerprint density at radius 1 is 0.966 bits per heavy atom. The van der Waals surface area contributed by atoms with Gasteiger partial charge in [-0.25, -0.2) is 8.42 Å². The Bertz CT molecular complexity index is 1180. The highest BCUT2D eigenvalue weighted by atomic mass is 32.2. The van der Waals surface area contributed by atoms with Crippen molar-refractivity contribution in [3.8, 4) is 0 Å². The minimum absolute atomic E-state index is 0.437. The summed E-state index contributed by atoms with van der Waals surface area (Å²) < 4.78 is 27.7. The highest BCUT2D eigenvalue weighted by Crippen LogP contribution is 2.41. The third kappa shape index (κ3) is 3.22. The second kappa shape index (κ2) is 7.28. The molecule has 0 fully saturated rings. The Kier molecular flexibility index (Phi) is 4.60. The van der Waals surface area contributed by atoms with Crippen molar-refractivity contribution in [2.45, 2.75) is 17.7 Å². The zero-order chi connectivity index (χ0) is 19.8. The van der Waals surface area contributed by atoms with Crippen molar-refractivity contribution >= 4 is 32.1 Å². The number of benzene rings is 2. The maximum absolute atomic E-state index is 13.0. The quantitative estimate of drug-likeness (QED) is 0.646. The highest BCUT2D eigenvalue weighted by Gasteiger charge is 2.35. The predicted octanol–water partition coefficient (Wildman–Crippen LogP) is 3.92. The fraction of sp³-hybridized carbons (Fsp3) is 0.261. The molecule has 2 aromatic carbocycles. The number of aromatic nitrogens is 1. The first-order valence-electron chi connectivity index (χ1n) is 10.0. The van der Waals surface area contributed by atoms with Crippen molar-refractivity contribution in [2.24, 2.45) is 0 Å². The van der Waals surface area contributed by atoms with Gasteiger partial charge < -0.3 is 0 Å². The van der Waals surface area contributed by atoms with E-state index in [-0.39, 0.29) is 0 Å². The molecule has 3 heterocycles. The largest absolute Gasteiger partial charge is 0.299 e. The summed E-state index contributed by atoms with van der Waals surface area (Å²) in [7, 11) is -3.45. The van der Waals surface area contributed by atoms with E-state index in [1.807, 2.05) is 48.7 Å². The second-order valence-electron chi connectivity index (χ2n) is 7.56. The summed E-state index contributed by atoms with van der Waals surface area (Å²) in [5.74, 6) is 0. The average molecular weight is 406 g/mol. The first-order chi connectivity index (χ1) is 14.1. The summed E-state index contributed by atoms with van der Waals surface area (Å²) >= 11 is 0. The molecule has 0 atom stereocenters. The van der Waals surface area contributed by atoms with E-state index in [0.29, 0.717) is 11.4 Å². The summed E-state index contributed by atoms with van der Waals surface area (Å²) in [5.41, 5.74) is 3.17. The molecule has 2 aliphatic heterocycles. The molecule has 0 spiro atoms. The molecule has 1 aromatic heterocycles. The molecule has 29 heavy (non-hydrogen) atoms. The summed E-state index contributed by atoms with van der Waals surface area (Å²) in [4.78, 5) is 7.25. The molecule has 0 saturated carbocycles. The zero-order valence-corrected chi connectivity index (χ0v) is 17.0. The van der Waals surface area contributed by atoms with E-state index in [0.717, 1.165) is 54.6 Å². The minimum Gasteiger partial charge on any atom is -0.299 e. The predicted molar refractivity (Wildman–Crippen MR) is 116 cm³/mol. The maximum atomic E-state index is 13.0. The van der Waals surface area contributed by atoms with E-state index in [2.05, 4.69) is 22.0 Å². The molecule has 148 valence electrons. The summed E-state index contributed by atoms with van der Waals surface area (Å²) in [6, 6.07) is 17.3. The highest BCUT2D eigenvalue weighted by molar-refractivity contribution is 7.93. The standard InChI is InChI=1S/C23H23N3O2S/c27-29(28)22-10-4-7-19-6-3-9-21(23(19)22)26(29)15-5-14-25-16-11-18(12-17-25)20-8-1-2-13-24-20/h1-4,6-11,13H,5,12,14-17H2. The van der Waals surface area contributed by atoms with E-state index in [1.54, 1.807) is 10.4 Å². The van der Waals surface area contributed by atoms with Crippen LogP contribution in [0.2, 0.25) is 0 Å². The van der Waals surface area contributed by atoms with E-state index < -0.39 is 10.0 Å². The molecule has 0 radical (unpaired) electrons. The van der Waals surface area contributed by atoms with Gasteiger partial charge >= 0.3 is 0 Å². The number of hydrogen-bond acceptors (Lipinski definition) is 4. The zero-order valence-electron chi connectivity index (χ0n) is 16.2. The Morgan fingerprint density at radius 2 is 1.83 bits per heavy atom. The first kappa shape index (κ1) is 18.3. The molecule has 5 nitrogen and oxygen atoms in total. The van der Waals surface area contributed by atoms with Crippen LogP contribution in [0.3, 0.4) is 0 Å². The maximum Gasteiger partial charge on any atom is 0.265 e. The van der Waals surface area contributed by atoms with Crippen LogP contribution in [0, 0.1) is 0 Å². The monoisotopic (exact) mass is 405 g/mol. The lowest BCUT2D eigenvalue weighted by Gasteiger charge is -2.27. The van der Waals surface area contributed by atoms with Crippen molar-refractivity contribution in [1.29, 1.82) is 0 Å². The Morgan fingerprint density at radius 3 is 2.59 bits per heavy atom. The van der Waals surface area contributed by atoms with Gasteiger partial charge in [0.1, 0.15) is 0 Å². The van der Waals surface area contributed by atoms with Crippen LogP contribution in [0.1, 0.15) is 18.5 Å². The molecule has 5 rings (SSSR count). The number of hydrogen-bond donors (Lipinski definition) is 0. The Hall–Kier alpha value is -2.70. The van der Waals surface area contributed by atoms with Crippen molar-refractivity contribution < 1.29 is 8.42 Å². The van der Waals surface area contributed by atoms with E-state index in [9.17, 15) is 8.42 Å². The van der Waals surface area contributed by atoms with Crippen molar-refractivity contribution in [2.75, 3.05) is 30.5 Å². The van der Waals surface area contributed by atoms with Crippen LogP contribution >= 0.6 is 0 Å². The number of nitrogens with zero attached hydrogens (tertiary/aromatic N) is 3. The third-order valence-corrected chi connectivity index (χ3v) is 7.66. The van der Waals surface area contributed by atoms with Crippen LogP contribution < -0.4 is 4.31 Å². The minimum atomic E-state index is -3.45. The van der Waals surface area contributed by atoms with Gasteiger partial charge in [0.05, 0.1) is 16.3 Å². The van der Waals surface area contributed by atoms with Gasteiger partial charge in [0.25, 0.3) is 10.0 Å². The van der Waals surface area contributed by atoms with Gasteiger partial charge in [0.2, 0.25) is 0 Å². The van der Waals surface area contributed by atoms with Gasteiger partial charge in [0, 0.05) is 37.8 Å². The van der Waals surface area contributed by atoms with Crippen LogP contribution in [-0.2, 0) is 10.0 Å². The van der Waals surface area contributed by atoms with Crippen molar-refractivity contribution in [1.82, 2.24) is 9.88 Å². The summed E-state index contributed by atoms with van der Waals surface area (Å²) in [6.07, 6.45) is 5.85. The number of anilines is 1. The summed E-state index contributed by atoms with van der Waals surface area (Å²) in [5, 5.41) is 1.84. The molecule has 0 bridgehead atoms. The molecule has 0 amide bonds. The average Bonchev–Trinajstić information content (AvgIpc) is 2.98. The third-order valence-electron chi connectivity index (χ3n) is 5.80. The van der Waals surface area contributed by atoms with Gasteiger partial charge in [-0.1, -0.05) is 36.4 Å². The summed E-state index contributed by atoms with van der Waals surface area (Å²) in [6.45, 7) is 3.24. The smallest absolute Gasteiger partial charge is 0.265 e. The van der Waals surface area contributed by atoms with Gasteiger partial charge in [-0.3, -0.25) is 14.2 Å². The molecule has 3 aromatic rings. The van der Waals surface area contributed by atoms with E-state index >= 15 is 0 Å². The van der Waals surface area contributed by atoms with Crippen molar-refractivity contribution in [3.63, 3.8) is 0 Å². The topological polar surface area (TPSA) is 53.5 Å². The molecule has 6 heteroatoms. The number of sulfonamides is 1. The van der Waals surface area contributed by atoms with E-state index in [1.165, 1.54) is 5.57 Å². The fourth-order valence-electron chi connectivity index (χ4n) is 4.34. The lowest BCUT2D eigenvalue weighted by Crippen LogP contribution is -2.34. The normalized spacial score (nSPS) is 18.2. The van der Waals surface area contributed by atoms with Gasteiger partial charge in [0.15, 0.2) is 0 Å². The van der Waals surface area contributed by atoms with E-state index in [4.69, 9.17) is 0 Å². The molecule has 0 aliphatic carbocycles. The first-order valence-corrected chi connectivity index (χ1v) is 11.5. The molecular formula is C23H23N3O2S. The SMILES string of the molecule is O=S1(=O)c2cccc3cccc(c23)N1CCCN1CC=C(c2ccccn2)CC1. The van der Waals surface area contributed by atoms with Crippen molar-refractivity contribution in [3.05, 3.63) is 72.6 Å². The molecule has 0 N–H and O–H groups in total. The fourth-order valence-corrected chi connectivity index (χ4v) is 6.09. The Balaban J connectivity index is 1.25. The lowest BCUT2D eigenvalue weighted by molar-refractivity contribution is 0.300. The van der Waals surface area contributed by atoms with Gasteiger partial charge in [-0.05, 0) is 48.1 Å². The van der Waals surface area contributed by atoms with Crippen LogP contribution in [-0.4, -0.2) is 44.5 Å². The lowest BCUT2D eigenvalue weighted by atomic mass is 10.0. The van der Waals surface area contributed by atoms with Crippen LogP contribution in [0.25, 0.3) is 16.3 Å². The molecule has 0 unspecified atom stereocenters. The molecule has 2 aliphatic rings. The number of rotatable bonds is 5. The van der Waals surface area contributed by atoms with Gasteiger partial charge in [-0.15, -0.1) is 0 Å².